The van der Waals surface area contributed by atoms with Crippen LogP contribution in [0, 0.1) is 0 Å². The van der Waals surface area contributed by atoms with Gasteiger partial charge in [0.1, 0.15) is 6.61 Å². The van der Waals surface area contributed by atoms with Crippen molar-refractivity contribution in [2.75, 3.05) is 32.8 Å². The molecule has 1 amide bonds. The molecule has 4 heteroatoms. The molecule has 0 aromatic heterocycles. The SMILES string of the molecule is CC.NC(=O)COCCCCN1CCCCC1. The van der Waals surface area contributed by atoms with Gasteiger partial charge in [0.05, 0.1) is 0 Å². The van der Waals surface area contributed by atoms with Gasteiger partial charge in [-0.1, -0.05) is 20.3 Å². The van der Waals surface area contributed by atoms with Gasteiger partial charge in [-0.2, -0.15) is 0 Å². The Hall–Kier alpha value is -0.610. The molecule has 1 fully saturated rings. The van der Waals surface area contributed by atoms with Crippen LogP contribution < -0.4 is 5.73 Å². The second-order valence-electron chi connectivity index (χ2n) is 4.13. The van der Waals surface area contributed by atoms with Crippen molar-refractivity contribution in [3.63, 3.8) is 0 Å². The van der Waals surface area contributed by atoms with Crippen molar-refractivity contribution in [3.05, 3.63) is 0 Å². The van der Waals surface area contributed by atoms with E-state index in [1.54, 1.807) is 0 Å². The van der Waals surface area contributed by atoms with Crippen molar-refractivity contribution in [1.82, 2.24) is 4.90 Å². The zero-order chi connectivity index (χ0) is 12.9. The van der Waals surface area contributed by atoms with Gasteiger partial charge < -0.3 is 15.4 Å². The number of ether oxygens (including phenoxy) is 1. The highest BCUT2D eigenvalue weighted by molar-refractivity contribution is 5.74. The summed E-state index contributed by atoms with van der Waals surface area (Å²) in [6, 6.07) is 0. The Morgan fingerprint density at radius 3 is 2.41 bits per heavy atom. The van der Waals surface area contributed by atoms with E-state index in [0.717, 1.165) is 12.8 Å². The summed E-state index contributed by atoms with van der Waals surface area (Å²) in [7, 11) is 0. The molecule has 17 heavy (non-hydrogen) atoms. The molecule has 0 atom stereocenters. The summed E-state index contributed by atoms with van der Waals surface area (Å²) >= 11 is 0. The van der Waals surface area contributed by atoms with Gasteiger partial charge in [-0.15, -0.1) is 0 Å². The summed E-state index contributed by atoms with van der Waals surface area (Å²) in [5.41, 5.74) is 4.95. The number of unbranched alkanes of at least 4 members (excludes halogenated alkanes) is 1. The van der Waals surface area contributed by atoms with E-state index < -0.39 is 0 Å². The quantitative estimate of drug-likeness (QED) is 0.695. The van der Waals surface area contributed by atoms with E-state index in [0.29, 0.717) is 6.61 Å². The fourth-order valence-electron chi connectivity index (χ4n) is 1.90. The lowest BCUT2D eigenvalue weighted by atomic mass is 10.1. The highest BCUT2D eigenvalue weighted by Crippen LogP contribution is 2.09. The number of primary amides is 1. The van der Waals surface area contributed by atoms with Crippen LogP contribution in [0.1, 0.15) is 46.0 Å². The van der Waals surface area contributed by atoms with Crippen LogP contribution in [-0.4, -0.2) is 43.7 Å². The summed E-state index contributed by atoms with van der Waals surface area (Å²) in [5, 5.41) is 0. The maximum atomic E-state index is 10.4. The second kappa shape index (κ2) is 11.9. The number of rotatable bonds is 7. The van der Waals surface area contributed by atoms with E-state index in [1.807, 2.05) is 13.8 Å². The van der Waals surface area contributed by atoms with Crippen LogP contribution in [0.5, 0.6) is 0 Å². The average Bonchev–Trinajstić information content (AvgIpc) is 2.37. The first-order valence-electron chi connectivity index (χ1n) is 6.87. The zero-order valence-electron chi connectivity index (χ0n) is 11.4. The molecule has 0 aromatic carbocycles. The Morgan fingerprint density at radius 1 is 1.18 bits per heavy atom. The number of likely N-dealkylation sites (tertiary alicyclic amines) is 1. The van der Waals surface area contributed by atoms with Crippen LogP contribution in [-0.2, 0) is 9.53 Å². The summed E-state index contributed by atoms with van der Waals surface area (Å²) < 4.78 is 5.09. The maximum Gasteiger partial charge on any atom is 0.243 e. The van der Waals surface area contributed by atoms with Gasteiger partial charge in [-0.05, 0) is 45.3 Å². The number of nitrogens with two attached hydrogens (primary N) is 1. The molecule has 0 aromatic rings. The highest BCUT2D eigenvalue weighted by Gasteiger charge is 2.08. The van der Waals surface area contributed by atoms with Crippen LogP contribution >= 0.6 is 0 Å². The molecule has 0 unspecified atom stereocenters. The van der Waals surface area contributed by atoms with E-state index in [9.17, 15) is 4.79 Å². The minimum Gasteiger partial charge on any atom is -0.372 e. The Labute approximate surface area is 105 Å². The molecule has 1 heterocycles. The minimum absolute atomic E-state index is 0.0592. The second-order valence-corrected chi connectivity index (χ2v) is 4.13. The van der Waals surface area contributed by atoms with E-state index in [-0.39, 0.29) is 12.5 Å². The Morgan fingerprint density at radius 2 is 1.82 bits per heavy atom. The van der Waals surface area contributed by atoms with E-state index in [2.05, 4.69) is 4.90 Å². The number of carbonyl (C=O) groups is 1. The predicted molar refractivity (Wildman–Crippen MR) is 70.9 cm³/mol. The Bertz CT molecular complexity index is 180. The van der Waals surface area contributed by atoms with Crippen LogP contribution in [0.25, 0.3) is 0 Å². The monoisotopic (exact) mass is 244 g/mol. The predicted octanol–water partition coefficient (Wildman–Crippen LogP) is 1.78. The molecule has 0 saturated carbocycles. The Balaban J connectivity index is 0.00000121. The number of piperidine rings is 1. The van der Waals surface area contributed by atoms with Gasteiger partial charge in [0.2, 0.25) is 5.91 Å². The number of hydrogen-bond donors (Lipinski definition) is 1. The fraction of sp³-hybridized carbons (Fsp3) is 0.923. The molecule has 0 radical (unpaired) electrons. The van der Waals surface area contributed by atoms with Gasteiger partial charge in [0.25, 0.3) is 0 Å². The smallest absolute Gasteiger partial charge is 0.243 e. The summed E-state index contributed by atoms with van der Waals surface area (Å²) in [4.78, 5) is 12.9. The molecule has 2 N–H and O–H groups in total. The lowest BCUT2D eigenvalue weighted by Crippen LogP contribution is -2.30. The van der Waals surface area contributed by atoms with Gasteiger partial charge in [-0.3, -0.25) is 4.79 Å². The molecule has 0 bridgehead atoms. The third-order valence-corrected chi connectivity index (χ3v) is 2.71. The topological polar surface area (TPSA) is 55.6 Å². The molecule has 1 saturated heterocycles. The summed E-state index contributed by atoms with van der Waals surface area (Å²) in [6.45, 7) is 8.38. The first-order valence-corrected chi connectivity index (χ1v) is 6.87. The first-order chi connectivity index (χ1) is 8.29. The van der Waals surface area contributed by atoms with E-state index in [4.69, 9.17) is 10.5 Å². The lowest BCUT2D eigenvalue weighted by Gasteiger charge is -2.26. The molecule has 0 spiro atoms. The minimum atomic E-state index is -0.383. The summed E-state index contributed by atoms with van der Waals surface area (Å²) in [6.07, 6.45) is 6.25. The van der Waals surface area contributed by atoms with E-state index >= 15 is 0 Å². The normalized spacial score (nSPS) is 16.1. The molecule has 4 nitrogen and oxygen atoms in total. The van der Waals surface area contributed by atoms with Gasteiger partial charge in [0.15, 0.2) is 0 Å². The fourth-order valence-corrected chi connectivity index (χ4v) is 1.90. The zero-order valence-corrected chi connectivity index (χ0v) is 11.4. The van der Waals surface area contributed by atoms with E-state index in [1.165, 1.54) is 38.9 Å². The molecule has 0 aliphatic carbocycles. The number of hydrogen-bond acceptors (Lipinski definition) is 3. The molecule has 1 aliphatic heterocycles. The largest absolute Gasteiger partial charge is 0.372 e. The van der Waals surface area contributed by atoms with Crippen LogP contribution in [0.2, 0.25) is 0 Å². The molecule has 1 aliphatic rings. The molecule has 102 valence electrons. The van der Waals surface area contributed by atoms with Crippen LogP contribution in [0.15, 0.2) is 0 Å². The van der Waals surface area contributed by atoms with Crippen molar-refractivity contribution in [3.8, 4) is 0 Å². The van der Waals surface area contributed by atoms with Crippen LogP contribution in [0.4, 0.5) is 0 Å². The maximum absolute atomic E-state index is 10.4. The number of carbonyl (C=O) groups excluding carboxylic acids is 1. The van der Waals surface area contributed by atoms with Crippen molar-refractivity contribution >= 4 is 5.91 Å². The molecular weight excluding hydrogens is 216 g/mol. The van der Waals surface area contributed by atoms with Gasteiger partial charge in [0, 0.05) is 6.61 Å². The van der Waals surface area contributed by atoms with Crippen LogP contribution in [0.3, 0.4) is 0 Å². The Kier molecular flexibility index (Phi) is 11.4. The molecule has 1 rings (SSSR count). The summed E-state index contributed by atoms with van der Waals surface area (Å²) in [5.74, 6) is -0.383. The van der Waals surface area contributed by atoms with Crippen molar-refractivity contribution in [1.29, 1.82) is 0 Å². The van der Waals surface area contributed by atoms with Crippen molar-refractivity contribution in [2.45, 2.75) is 46.0 Å². The average molecular weight is 244 g/mol. The third kappa shape index (κ3) is 10.3. The first kappa shape index (κ1) is 16.4. The lowest BCUT2D eigenvalue weighted by molar-refractivity contribution is -0.122. The van der Waals surface area contributed by atoms with Crippen molar-refractivity contribution < 1.29 is 9.53 Å². The van der Waals surface area contributed by atoms with Crippen molar-refractivity contribution in [2.24, 2.45) is 5.73 Å². The highest BCUT2D eigenvalue weighted by atomic mass is 16.5. The van der Waals surface area contributed by atoms with Gasteiger partial charge in [-0.25, -0.2) is 0 Å². The number of amides is 1. The van der Waals surface area contributed by atoms with Gasteiger partial charge >= 0.3 is 0 Å². The number of nitrogens with zero attached hydrogens (tertiary/aromatic N) is 1. The third-order valence-electron chi connectivity index (χ3n) is 2.71. The standard InChI is InChI=1S/C11H22N2O2.C2H6/c12-11(14)10-15-9-5-4-8-13-6-2-1-3-7-13;1-2/h1-10H2,(H2,12,14);1-2H3. The molecular formula is C13H28N2O2.